The Bertz CT molecular complexity index is 457. The van der Waals surface area contributed by atoms with E-state index in [1.807, 2.05) is 0 Å². The predicted molar refractivity (Wildman–Crippen MR) is 58.0 cm³/mol. The molecule has 1 aromatic rings. The van der Waals surface area contributed by atoms with E-state index in [0.29, 0.717) is 0 Å². The fourth-order valence-corrected chi connectivity index (χ4v) is 1.03. The maximum Gasteiger partial charge on any atom is 0.243 e. The molecule has 3 N–H and O–H groups in total. The van der Waals surface area contributed by atoms with Crippen LogP contribution < -0.4 is 11.1 Å². The van der Waals surface area contributed by atoms with E-state index in [4.69, 9.17) is 11.0 Å². The van der Waals surface area contributed by atoms with Gasteiger partial charge in [0.15, 0.2) is 0 Å². The summed E-state index contributed by atoms with van der Waals surface area (Å²) in [5, 5.41) is 11.2. The number of halogens is 1. The lowest BCUT2D eigenvalue weighted by Crippen LogP contribution is -2.45. The van der Waals surface area contributed by atoms with Gasteiger partial charge in [0.1, 0.15) is 17.4 Å². The second-order valence-corrected chi connectivity index (χ2v) is 3.95. The van der Waals surface area contributed by atoms with Gasteiger partial charge < -0.3 is 11.1 Å². The van der Waals surface area contributed by atoms with Gasteiger partial charge in [0.25, 0.3) is 0 Å². The summed E-state index contributed by atoms with van der Waals surface area (Å²) in [6.07, 6.45) is 0. The first kappa shape index (κ1) is 12.1. The second-order valence-electron chi connectivity index (χ2n) is 3.95. The number of benzene rings is 1. The highest BCUT2D eigenvalue weighted by Gasteiger charge is 2.23. The highest BCUT2D eigenvalue weighted by Crippen LogP contribution is 2.18. The minimum atomic E-state index is -1.08. The van der Waals surface area contributed by atoms with Crippen molar-refractivity contribution in [3.63, 3.8) is 0 Å². The summed E-state index contributed by atoms with van der Waals surface area (Å²) in [6, 6.07) is 5.71. The number of rotatable bonds is 2. The van der Waals surface area contributed by atoms with Gasteiger partial charge in [0.2, 0.25) is 5.91 Å². The summed E-state index contributed by atoms with van der Waals surface area (Å²) in [5.41, 5.74) is 4.42. The zero-order valence-electron chi connectivity index (χ0n) is 9.04. The van der Waals surface area contributed by atoms with Crippen molar-refractivity contribution in [3.8, 4) is 6.07 Å². The fraction of sp³-hybridized carbons (Fsp3) is 0.273. The van der Waals surface area contributed by atoms with Gasteiger partial charge in [-0.05, 0) is 26.0 Å². The molecular weight excluding hydrogens is 209 g/mol. The van der Waals surface area contributed by atoms with Crippen molar-refractivity contribution in [1.82, 2.24) is 0 Å². The minimum Gasteiger partial charge on any atom is -0.323 e. The van der Waals surface area contributed by atoms with Crippen LogP contribution in [0.4, 0.5) is 10.1 Å². The number of hydrogen-bond acceptors (Lipinski definition) is 3. The number of hydrogen-bond donors (Lipinski definition) is 2. The number of anilines is 1. The Hall–Kier alpha value is -1.93. The molecule has 0 saturated heterocycles. The molecular formula is C11H12FN3O. The van der Waals surface area contributed by atoms with Crippen LogP contribution >= 0.6 is 0 Å². The van der Waals surface area contributed by atoms with Crippen LogP contribution in [0.3, 0.4) is 0 Å². The van der Waals surface area contributed by atoms with E-state index < -0.39 is 17.3 Å². The summed E-state index contributed by atoms with van der Waals surface area (Å²) in [7, 11) is 0. The second kappa shape index (κ2) is 4.29. The number of nitrogens with one attached hydrogen (secondary N) is 1. The molecule has 16 heavy (non-hydrogen) atoms. The Morgan fingerprint density at radius 2 is 2.19 bits per heavy atom. The van der Waals surface area contributed by atoms with Gasteiger partial charge in [-0.3, -0.25) is 4.79 Å². The number of nitrogens with zero attached hydrogens (tertiary/aromatic N) is 1. The highest BCUT2D eigenvalue weighted by atomic mass is 19.1. The molecule has 0 unspecified atom stereocenters. The molecule has 1 amide bonds. The lowest BCUT2D eigenvalue weighted by atomic mass is 10.1. The van der Waals surface area contributed by atoms with Gasteiger partial charge in [0.05, 0.1) is 11.2 Å². The Kier molecular flexibility index (Phi) is 3.25. The van der Waals surface area contributed by atoms with Gasteiger partial charge in [-0.2, -0.15) is 5.26 Å². The van der Waals surface area contributed by atoms with Gasteiger partial charge in [-0.25, -0.2) is 4.39 Å². The van der Waals surface area contributed by atoms with Crippen LogP contribution in [0, 0.1) is 17.1 Å². The third kappa shape index (κ3) is 2.55. The number of carbonyl (C=O) groups excluding carboxylic acids is 1. The molecule has 0 fully saturated rings. The molecule has 0 radical (unpaired) electrons. The number of nitriles is 1. The standard InChI is InChI=1S/C11H12FN3O/c1-11(2,14)10(16)15-9-5-3-4-8(12)7(9)6-13/h3-5H,14H2,1-2H3,(H,15,16). The van der Waals surface area contributed by atoms with E-state index in [-0.39, 0.29) is 11.3 Å². The van der Waals surface area contributed by atoms with Crippen molar-refractivity contribution >= 4 is 11.6 Å². The lowest BCUT2D eigenvalue weighted by molar-refractivity contribution is -0.120. The fourth-order valence-electron chi connectivity index (χ4n) is 1.03. The molecule has 0 aliphatic carbocycles. The molecule has 0 aromatic heterocycles. The third-order valence-corrected chi connectivity index (χ3v) is 1.96. The molecule has 4 nitrogen and oxygen atoms in total. The first-order valence-corrected chi connectivity index (χ1v) is 4.65. The van der Waals surface area contributed by atoms with Gasteiger partial charge >= 0.3 is 0 Å². The third-order valence-electron chi connectivity index (χ3n) is 1.96. The molecule has 0 bridgehead atoms. The molecule has 1 aromatic carbocycles. The van der Waals surface area contributed by atoms with Crippen LogP contribution in [0.15, 0.2) is 18.2 Å². The van der Waals surface area contributed by atoms with Crippen molar-refractivity contribution in [3.05, 3.63) is 29.6 Å². The zero-order valence-corrected chi connectivity index (χ0v) is 9.04. The zero-order chi connectivity index (χ0) is 12.3. The van der Waals surface area contributed by atoms with E-state index in [2.05, 4.69) is 5.32 Å². The van der Waals surface area contributed by atoms with Gasteiger partial charge in [-0.1, -0.05) is 6.07 Å². The van der Waals surface area contributed by atoms with Gasteiger partial charge in [0, 0.05) is 0 Å². The van der Waals surface area contributed by atoms with Crippen LogP contribution in [0.5, 0.6) is 0 Å². The molecule has 0 saturated carbocycles. The Morgan fingerprint density at radius 1 is 1.56 bits per heavy atom. The Morgan fingerprint density at radius 3 is 2.69 bits per heavy atom. The molecule has 0 aliphatic heterocycles. The summed E-state index contributed by atoms with van der Waals surface area (Å²) >= 11 is 0. The van der Waals surface area contributed by atoms with E-state index in [0.717, 1.165) is 6.07 Å². The largest absolute Gasteiger partial charge is 0.323 e. The Labute approximate surface area is 92.9 Å². The van der Waals surface area contributed by atoms with Crippen molar-refractivity contribution in [2.24, 2.45) is 5.73 Å². The Balaban J connectivity index is 3.04. The monoisotopic (exact) mass is 221 g/mol. The number of nitrogens with two attached hydrogens (primary N) is 1. The first-order chi connectivity index (χ1) is 7.36. The van der Waals surface area contributed by atoms with Crippen LogP contribution in [0.25, 0.3) is 0 Å². The smallest absolute Gasteiger partial charge is 0.243 e. The average molecular weight is 221 g/mol. The normalized spacial score (nSPS) is 10.7. The molecule has 0 spiro atoms. The van der Waals surface area contributed by atoms with Crippen molar-refractivity contribution in [2.45, 2.75) is 19.4 Å². The molecule has 5 heteroatoms. The summed E-state index contributed by atoms with van der Waals surface area (Å²) in [4.78, 5) is 11.5. The maximum absolute atomic E-state index is 13.2. The summed E-state index contributed by atoms with van der Waals surface area (Å²) < 4.78 is 13.2. The topological polar surface area (TPSA) is 78.9 Å². The van der Waals surface area contributed by atoms with Crippen molar-refractivity contribution in [1.29, 1.82) is 5.26 Å². The molecule has 0 heterocycles. The van der Waals surface area contributed by atoms with E-state index in [1.165, 1.54) is 26.0 Å². The van der Waals surface area contributed by atoms with Crippen molar-refractivity contribution < 1.29 is 9.18 Å². The van der Waals surface area contributed by atoms with E-state index in [1.54, 1.807) is 6.07 Å². The number of amides is 1. The van der Waals surface area contributed by atoms with Crippen LogP contribution in [-0.4, -0.2) is 11.4 Å². The predicted octanol–water partition coefficient (Wildman–Crippen LogP) is 1.37. The van der Waals surface area contributed by atoms with Crippen LogP contribution in [-0.2, 0) is 4.79 Å². The summed E-state index contributed by atoms with van der Waals surface area (Å²) in [6.45, 7) is 3.04. The molecule has 0 aliphatic rings. The first-order valence-electron chi connectivity index (χ1n) is 4.65. The van der Waals surface area contributed by atoms with E-state index in [9.17, 15) is 9.18 Å². The lowest BCUT2D eigenvalue weighted by Gasteiger charge is -2.18. The SMILES string of the molecule is CC(C)(N)C(=O)Nc1cccc(F)c1C#N. The highest BCUT2D eigenvalue weighted by molar-refractivity contribution is 5.98. The van der Waals surface area contributed by atoms with E-state index >= 15 is 0 Å². The van der Waals surface area contributed by atoms with Crippen LogP contribution in [0.2, 0.25) is 0 Å². The average Bonchev–Trinajstić information content (AvgIpc) is 2.16. The van der Waals surface area contributed by atoms with Crippen molar-refractivity contribution in [2.75, 3.05) is 5.32 Å². The maximum atomic E-state index is 13.2. The summed E-state index contributed by atoms with van der Waals surface area (Å²) in [5.74, 6) is -1.15. The van der Waals surface area contributed by atoms with Crippen LogP contribution in [0.1, 0.15) is 19.4 Å². The molecule has 0 atom stereocenters. The molecule has 84 valence electrons. The van der Waals surface area contributed by atoms with Gasteiger partial charge in [-0.15, -0.1) is 0 Å². The quantitative estimate of drug-likeness (QED) is 0.791. The number of carbonyl (C=O) groups is 1. The molecule has 1 rings (SSSR count). The minimum absolute atomic E-state index is 0.131.